The molecule has 0 saturated heterocycles. The van der Waals surface area contributed by atoms with E-state index in [4.69, 9.17) is 28.5 Å². The Morgan fingerprint density at radius 2 is 1.81 bits per heavy atom. The Labute approximate surface area is 103 Å². The fourth-order valence-corrected chi connectivity index (χ4v) is 1.66. The van der Waals surface area contributed by atoms with Crippen LogP contribution in [-0.4, -0.2) is 4.98 Å². The van der Waals surface area contributed by atoms with Crippen molar-refractivity contribution in [2.75, 3.05) is 0 Å². The molecule has 0 amide bonds. The van der Waals surface area contributed by atoms with E-state index in [0.29, 0.717) is 11.3 Å². The number of aromatic nitrogens is 1. The van der Waals surface area contributed by atoms with E-state index in [1.165, 1.54) is 6.07 Å². The highest BCUT2D eigenvalue weighted by Gasteiger charge is 2.10. The molecule has 0 saturated carbocycles. The lowest BCUT2D eigenvalue weighted by atomic mass is 10.1. The van der Waals surface area contributed by atoms with Crippen molar-refractivity contribution in [1.29, 1.82) is 5.26 Å². The molecule has 0 N–H and O–H groups in total. The number of hydrogen-bond donors (Lipinski definition) is 0. The van der Waals surface area contributed by atoms with Gasteiger partial charge in [0.15, 0.2) is 0 Å². The predicted octanol–water partition coefficient (Wildman–Crippen LogP) is 3.93. The Morgan fingerprint density at radius 3 is 2.44 bits per heavy atom. The molecule has 16 heavy (non-hydrogen) atoms. The summed E-state index contributed by atoms with van der Waals surface area (Å²) in [7, 11) is 0. The molecule has 1 aromatic carbocycles. The van der Waals surface area contributed by atoms with E-state index in [-0.39, 0.29) is 10.2 Å². The molecule has 2 rings (SSSR count). The molecule has 0 bridgehead atoms. The van der Waals surface area contributed by atoms with Gasteiger partial charge in [-0.1, -0.05) is 53.5 Å². The molecular weight excluding hydrogens is 243 g/mol. The zero-order valence-corrected chi connectivity index (χ0v) is 9.63. The van der Waals surface area contributed by atoms with Gasteiger partial charge >= 0.3 is 0 Å². The molecule has 78 valence electrons. The molecule has 0 radical (unpaired) electrons. The van der Waals surface area contributed by atoms with Gasteiger partial charge in [0.05, 0.1) is 16.3 Å². The fraction of sp³-hybridized carbons (Fsp3) is 0. The van der Waals surface area contributed by atoms with Crippen LogP contribution in [0, 0.1) is 11.3 Å². The minimum atomic E-state index is 0.208. The van der Waals surface area contributed by atoms with Crippen LogP contribution in [-0.2, 0) is 0 Å². The third kappa shape index (κ3) is 2.01. The van der Waals surface area contributed by atoms with Crippen LogP contribution in [0.2, 0.25) is 10.2 Å². The van der Waals surface area contributed by atoms with Gasteiger partial charge in [0.1, 0.15) is 11.2 Å². The number of benzene rings is 1. The van der Waals surface area contributed by atoms with Gasteiger partial charge in [-0.15, -0.1) is 0 Å². The van der Waals surface area contributed by atoms with Crippen LogP contribution < -0.4 is 0 Å². The summed E-state index contributed by atoms with van der Waals surface area (Å²) in [6.07, 6.45) is 0. The maximum absolute atomic E-state index is 9.00. The number of halogens is 2. The van der Waals surface area contributed by atoms with Crippen molar-refractivity contribution in [2.24, 2.45) is 0 Å². The van der Waals surface area contributed by atoms with Crippen molar-refractivity contribution in [3.63, 3.8) is 0 Å². The largest absolute Gasteiger partial charge is 0.233 e. The number of nitriles is 1. The number of hydrogen-bond acceptors (Lipinski definition) is 2. The lowest BCUT2D eigenvalue weighted by Crippen LogP contribution is -1.90. The number of nitrogens with zero attached hydrogens (tertiary/aromatic N) is 2. The Kier molecular flexibility index (Phi) is 3.09. The summed E-state index contributed by atoms with van der Waals surface area (Å²) in [5.41, 5.74) is 1.82. The molecule has 1 heterocycles. The fourth-order valence-electron chi connectivity index (χ4n) is 1.37. The Hall–Kier alpha value is -1.56. The van der Waals surface area contributed by atoms with Gasteiger partial charge in [0, 0.05) is 5.56 Å². The third-order valence-electron chi connectivity index (χ3n) is 2.10. The van der Waals surface area contributed by atoms with Gasteiger partial charge in [-0.3, -0.25) is 0 Å². The van der Waals surface area contributed by atoms with Gasteiger partial charge < -0.3 is 0 Å². The standard InChI is InChI=1S/C12H6Cl2N2/c13-10-6-9(7-15)11(16-12(10)14)8-4-2-1-3-5-8/h1-6H. The normalized spacial score (nSPS) is 9.81. The van der Waals surface area contributed by atoms with E-state index in [0.717, 1.165) is 5.56 Å². The second-order valence-electron chi connectivity index (χ2n) is 3.13. The van der Waals surface area contributed by atoms with Crippen LogP contribution in [0.3, 0.4) is 0 Å². The monoisotopic (exact) mass is 248 g/mol. The van der Waals surface area contributed by atoms with Crippen molar-refractivity contribution in [3.8, 4) is 17.3 Å². The first kappa shape index (κ1) is 10.9. The Balaban J connectivity index is 2.66. The van der Waals surface area contributed by atoms with Gasteiger partial charge in [-0.2, -0.15) is 5.26 Å². The lowest BCUT2D eigenvalue weighted by molar-refractivity contribution is 1.30. The SMILES string of the molecule is N#Cc1cc(Cl)c(Cl)nc1-c1ccccc1. The second-order valence-corrected chi connectivity index (χ2v) is 3.90. The maximum atomic E-state index is 9.00. The van der Waals surface area contributed by atoms with E-state index >= 15 is 0 Å². The van der Waals surface area contributed by atoms with Crippen molar-refractivity contribution in [1.82, 2.24) is 4.98 Å². The average Bonchev–Trinajstić information content (AvgIpc) is 2.33. The first-order chi connectivity index (χ1) is 7.72. The van der Waals surface area contributed by atoms with E-state index in [1.54, 1.807) is 0 Å². The van der Waals surface area contributed by atoms with Crippen molar-refractivity contribution in [3.05, 3.63) is 52.1 Å². The Morgan fingerprint density at radius 1 is 1.12 bits per heavy atom. The smallest absolute Gasteiger partial charge is 0.148 e. The van der Waals surface area contributed by atoms with Crippen LogP contribution in [0.15, 0.2) is 36.4 Å². The molecule has 2 nitrogen and oxygen atoms in total. The lowest BCUT2D eigenvalue weighted by Gasteiger charge is -2.04. The van der Waals surface area contributed by atoms with Crippen LogP contribution in [0.4, 0.5) is 0 Å². The summed E-state index contributed by atoms with van der Waals surface area (Å²) in [6.45, 7) is 0. The first-order valence-electron chi connectivity index (χ1n) is 4.54. The van der Waals surface area contributed by atoms with E-state index in [1.807, 2.05) is 30.3 Å². The van der Waals surface area contributed by atoms with Crippen LogP contribution in [0.25, 0.3) is 11.3 Å². The molecule has 0 aliphatic heterocycles. The van der Waals surface area contributed by atoms with Crippen LogP contribution in [0.5, 0.6) is 0 Å². The Bertz CT molecular complexity index is 559. The van der Waals surface area contributed by atoms with Gasteiger partial charge in [0.25, 0.3) is 0 Å². The van der Waals surface area contributed by atoms with Crippen molar-refractivity contribution < 1.29 is 0 Å². The molecule has 2 aromatic rings. The summed E-state index contributed by atoms with van der Waals surface area (Å²) < 4.78 is 0. The zero-order chi connectivity index (χ0) is 11.5. The summed E-state index contributed by atoms with van der Waals surface area (Å²) in [4.78, 5) is 4.12. The molecule has 0 unspecified atom stereocenters. The van der Waals surface area contributed by atoms with Crippen LogP contribution in [0.1, 0.15) is 5.56 Å². The molecule has 1 aromatic heterocycles. The topological polar surface area (TPSA) is 36.7 Å². The maximum Gasteiger partial charge on any atom is 0.148 e. The first-order valence-corrected chi connectivity index (χ1v) is 5.29. The highest BCUT2D eigenvalue weighted by atomic mass is 35.5. The molecular formula is C12H6Cl2N2. The molecule has 0 spiro atoms. The molecule has 0 fully saturated rings. The zero-order valence-electron chi connectivity index (χ0n) is 8.11. The highest BCUT2D eigenvalue weighted by molar-refractivity contribution is 6.41. The summed E-state index contributed by atoms with van der Waals surface area (Å²) in [6, 6.07) is 13.0. The van der Waals surface area contributed by atoms with Crippen molar-refractivity contribution >= 4 is 23.2 Å². The van der Waals surface area contributed by atoms with E-state index in [2.05, 4.69) is 11.1 Å². The molecule has 4 heteroatoms. The molecule has 0 atom stereocenters. The highest BCUT2D eigenvalue weighted by Crippen LogP contribution is 2.28. The molecule has 0 aliphatic carbocycles. The second kappa shape index (κ2) is 4.52. The summed E-state index contributed by atoms with van der Waals surface area (Å²) in [5, 5.41) is 9.50. The average molecular weight is 249 g/mol. The minimum absolute atomic E-state index is 0.208. The minimum Gasteiger partial charge on any atom is -0.233 e. The van der Waals surface area contributed by atoms with E-state index < -0.39 is 0 Å². The van der Waals surface area contributed by atoms with E-state index in [9.17, 15) is 0 Å². The van der Waals surface area contributed by atoms with Gasteiger partial charge in [0.2, 0.25) is 0 Å². The van der Waals surface area contributed by atoms with Crippen molar-refractivity contribution in [2.45, 2.75) is 0 Å². The summed E-state index contributed by atoms with van der Waals surface area (Å²) in [5.74, 6) is 0. The number of pyridine rings is 1. The van der Waals surface area contributed by atoms with Gasteiger partial charge in [-0.25, -0.2) is 4.98 Å². The third-order valence-corrected chi connectivity index (χ3v) is 2.77. The van der Waals surface area contributed by atoms with Gasteiger partial charge in [-0.05, 0) is 6.07 Å². The quantitative estimate of drug-likeness (QED) is 0.718. The number of rotatable bonds is 1. The van der Waals surface area contributed by atoms with Crippen LogP contribution >= 0.6 is 23.2 Å². The predicted molar refractivity (Wildman–Crippen MR) is 64.4 cm³/mol. The molecule has 0 aliphatic rings. The summed E-state index contributed by atoms with van der Waals surface area (Å²) >= 11 is 11.6.